The van der Waals surface area contributed by atoms with Crippen molar-refractivity contribution < 1.29 is 19.4 Å². The van der Waals surface area contributed by atoms with Crippen molar-refractivity contribution in [3.05, 3.63) is 29.8 Å². The van der Waals surface area contributed by atoms with Gasteiger partial charge < -0.3 is 15.5 Å². The zero-order valence-electron chi connectivity index (χ0n) is 8.77. The van der Waals surface area contributed by atoms with Gasteiger partial charge in [0, 0.05) is 24.4 Å². The second-order valence-corrected chi connectivity index (χ2v) is 3.70. The van der Waals surface area contributed by atoms with Crippen LogP contribution in [0.5, 0.6) is 0 Å². The summed E-state index contributed by atoms with van der Waals surface area (Å²) in [6, 6.07) is 2.34. The van der Waals surface area contributed by atoms with Gasteiger partial charge in [-0.15, -0.1) is 0 Å². The zero-order valence-corrected chi connectivity index (χ0v) is 8.77. The molecule has 1 aromatic heterocycles. The number of rotatable bonds is 4. The van der Waals surface area contributed by atoms with Crippen molar-refractivity contribution in [1.29, 1.82) is 0 Å². The smallest absolute Gasteiger partial charge is 0.251 e. The number of hydrogen-bond acceptors (Lipinski definition) is 4. The lowest BCUT2D eigenvalue weighted by Crippen LogP contribution is -2.43. The van der Waals surface area contributed by atoms with Crippen molar-refractivity contribution in [2.75, 3.05) is 13.2 Å². The molecule has 1 atom stereocenters. The van der Waals surface area contributed by atoms with Crippen molar-refractivity contribution in [2.24, 2.45) is 0 Å². The van der Waals surface area contributed by atoms with Crippen LogP contribution in [-0.4, -0.2) is 39.9 Å². The Bertz CT molecular complexity index is 382. The number of aliphatic hydroxyl groups is 2. The van der Waals surface area contributed by atoms with Gasteiger partial charge in [0.15, 0.2) is 0 Å². The molecule has 1 rings (SSSR count). The Labute approximate surface area is 91.9 Å². The molecule has 0 fully saturated rings. The van der Waals surface area contributed by atoms with E-state index in [1.165, 1.54) is 19.2 Å². The Hall–Kier alpha value is -1.53. The van der Waals surface area contributed by atoms with Crippen molar-refractivity contribution in [3.8, 4) is 0 Å². The molecule has 0 radical (unpaired) electrons. The standard InChI is InChI=1S/C10H13FN2O3/c1-10(16,6-14)5-13-9(15)7-2-3-12-8(11)4-7/h2-4,14,16H,5-6H2,1H3,(H,13,15). The van der Waals surface area contributed by atoms with Crippen LogP contribution in [0.15, 0.2) is 18.3 Å². The van der Waals surface area contributed by atoms with Gasteiger partial charge in [-0.25, -0.2) is 4.98 Å². The fourth-order valence-corrected chi connectivity index (χ4v) is 0.972. The lowest BCUT2D eigenvalue weighted by molar-refractivity contribution is 0.00320. The quantitative estimate of drug-likeness (QED) is 0.617. The Morgan fingerprint density at radius 1 is 1.69 bits per heavy atom. The third kappa shape index (κ3) is 3.56. The SMILES string of the molecule is CC(O)(CO)CNC(=O)c1ccnc(F)c1. The van der Waals surface area contributed by atoms with E-state index in [1.54, 1.807) is 0 Å². The number of halogens is 1. The maximum Gasteiger partial charge on any atom is 0.251 e. The maximum absolute atomic E-state index is 12.7. The molecular weight excluding hydrogens is 215 g/mol. The molecule has 3 N–H and O–H groups in total. The number of carbonyl (C=O) groups is 1. The molecular formula is C10H13FN2O3. The Balaban J connectivity index is 2.60. The van der Waals surface area contributed by atoms with Crippen molar-refractivity contribution in [3.63, 3.8) is 0 Å². The first kappa shape index (κ1) is 12.5. The molecule has 0 saturated heterocycles. The highest BCUT2D eigenvalue weighted by Gasteiger charge is 2.20. The Morgan fingerprint density at radius 3 is 2.94 bits per heavy atom. The number of pyridine rings is 1. The van der Waals surface area contributed by atoms with Crippen molar-refractivity contribution in [1.82, 2.24) is 10.3 Å². The molecule has 0 spiro atoms. The lowest BCUT2D eigenvalue weighted by atomic mass is 10.1. The van der Waals surface area contributed by atoms with Gasteiger partial charge in [0.05, 0.1) is 6.61 Å². The number of nitrogens with one attached hydrogen (secondary N) is 1. The van der Waals surface area contributed by atoms with Crippen LogP contribution in [0.3, 0.4) is 0 Å². The molecule has 0 aliphatic carbocycles. The summed E-state index contributed by atoms with van der Waals surface area (Å²) >= 11 is 0. The molecule has 0 saturated carbocycles. The van der Waals surface area contributed by atoms with Crippen LogP contribution in [0.2, 0.25) is 0 Å². The predicted molar refractivity (Wildman–Crippen MR) is 54.2 cm³/mol. The monoisotopic (exact) mass is 228 g/mol. The largest absolute Gasteiger partial charge is 0.393 e. The molecule has 88 valence electrons. The van der Waals surface area contributed by atoms with Crippen LogP contribution in [-0.2, 0) is 0 Å². The molecule has 16 heavy (non-hydrogen) atoms. The fraction of sp³-hybridized carbons (Fsp3) is 0.400. The second kappa shape index (κ2) is 5.00. The number of nitrogens with zero attached hydrogens (tertiary/aromatic N) is 1. The first-order chi connectivity index (χ1) is 7.44. The normalized spacial score (nSPS) is 14.2. The summed E-state index contributed by atoms with van der Waals surface area (Å²) in [4.78, 5) is 14.8. The van der Waals surface area contributed by atoms with Crippen LogP contribution in [0.25, 0.3) is 0 Å². The molecule has 0 bridgehead atoms. The third-order valence-electron chi connectivity index (χ3n) is 1.96. The average Bonchev–Trinajstić information content (AvgIpc) is 2.26. The van der Waals surface area contributed by atoms with E-state index in [4.69, 9.17) is 5.11 Å². The summed E-state index contributed by atoms with van der Waals surface area (Å²) in [6.45, 7) is 0.782. The van der Waals surface area contributed by atoms with Gasteiger partial charge in [0.25, 0.3) is 5.91 Å². The molecule has 1 aromatic rings. The highest BCUT2D eigenvalue weighted by atomic mass is 19.1. The summed E-state index contributed by atoms with van der Waals surface area (Å²) in [6.07, 6.45) is 1.18. The van der Waals surface area contributed by atoms with Gasteiger partial charge in [-0.05, 0) is 13.0 Å². The van der Waals surface area contributed by atoms with Gasteiger partial charge in [-0.1, -0.05) is 0 Å². The summed E-state index contributed by atoms with van der Waals surface area (Å²) < 4.78 is 12.7. The van der Waals surface area contributed by atoms with Crippen LogP contribution in [0.4, 0.5) is 4.39 Å². The lowest BCUT2D eigenvalue weighted by Gasteiger charge is -2.20. The van der Waals surface area contributed by atoms with E-state index in [0.29, 0.717) is 0 Å². The van der Waals surface area contributed by atoms with Gasteiger partial charge in [-0.2, -0.15) is 4.39 Å². The van der Waals surface area contributed by atoms with E-state index in [0.717, 1.165) is 6.07 Å². The Morgan fingerprint density at radius 2 is 2.38 bits per heavy atom. The number of carbonyl (C=O) groups excluding carboxylic acids is 1. The molecule has 1 amide bonds. The first-order valence-corrected chi connectivity index (χ1v) is 4.67. The molecule has 1 heterocycles. The second-order valence-electron chi connectivity index (χ2n) is 3.70. The van der Waals surface area contributed by atoms with Gasteiger partial charge >= 0.3 is 0 Å². The maximum atomic E-state index is 12.7. The summed E-state index contributed by atoms with van der Waals surface area (Å²) in [5, 5.41) is 20.5. The summed E-state index contributed by atoms with van der Waals surface area (Å²) in [5.41, 5.74) is -1.28. The number of aliphatic hydroxyl groups excluding tert-OH is 1. The number of hydrogen-bond donors (Lipinski definition) is 3. The van der Waals surface area contributed by atoms with E-state index in [1.807, 2.05) is 0 Å². The first-order valence-electron chi connectivity index (χ1n) is 4.67. The predicted octanol–water partition coefficient (Wildman–Crippen LogP) is -0.306. The van der Waals surface area contributed by atoms with E-state index >= 15 is 0 Å². The molecule has 0 aromatic carbocycles. The Kier molecular flexibility index (Phi) is 3.92. The van der Waals surface area contributed by atoms with E-state index < -0.39 is 24.1 Å². The zero-order chi connectivity index (χ0) is 12.2. The van der Waals surface area contributed by atoms with Crippen LogP contribution < -0.4 is 5.32 Å². The molecule has 5 nitrogen and oxygen atoms in total. The minimum Gasteiger partial charge on any atom is -0.393 e. The average molecular weight is 228 g/mol. The van der Waals surface area contributed by atoms with E-state index in [9.17, 15) is 14.3 Å². The van der Waals surface area contributed by atoms with Crippen molar-refractivity contribution >= 4 is 5.91 Å². The van der Waals surface area contributed by atoms with Crippen LogP contribution in [0, 0.1) is 5.95 Å². The van der Waals surface area contributed by atoms with E-state index in [2.05, 4.69) is 10.3 Å². The van der Waals surface area contributed by atoms with Crippen LogP contribution >= 0.6 is 0 Å². The van der Waals surface area contributed by atoms with Gasteiger partial charge in [0.1, 0.15) is 5.60 Å². The fourth-order valence-electron chi connectivity index (χ4n) is 0.972. The van der Waals surface area contributed by atoms with E-state index in [-0.39, 0.29) is 12.1 Å². The van der Waals surface area contributed by atoms with Crippen molar-refractivity contribution in [2.45, 2.75) is 12.5 Å². The summed E-state index contributed by atoms with van der Waals surface area (Å²) in [5.74, 6) is -1.28. The van der Waals surface area contributed by atoms with Gasteiger partial charge in [-0.3, -0.25) is 4.79 Å². The molecule has 1 unspecified atom stereocenters. The highest BCUT2D eigenvalue weighted by molar-refractivity contribution is 5.94. The minimum atomic E-state index is -1.39. The minimum absolute atomic E-state index is 0.112. The third-order valence-corrected chi connectivity index (χ3v) is 1.96. The highest BCUT2D eigenvalue weighted by Crippen LogP contribution is 2.02. The molecule has 0 aliphatic heterocycles. The molecule has 0 aliphatic rings. The van der Waals surface area contributed by atoms with Gasteiger partial charge in [0.2, 0.25) is 5.95 Å². The number of amides is 1. The molecule has 6 heteroatoms. The topological polar surface area (TPSA) is 82.5 Å². The number of aromatic nitrogens is 1. The van der Waals surface area contributed by atoms with Crippen LogP contribution in [0.1, 0.15) is 17.3 Å². The summed E-state index contributed by atoms with van der Waals surface area (Å²) in [7, 11) is 0.